The molecule has 3 atom stereocenters. The number of ether oxygens (including phenoxy) is 1. The van der Waals surface area contributed by atoms with Crippen LogP contribution in [0.5, 0.6) is 0 Å². The summed E-state index contributed by atoms with van der Waals surface area (Å²) in [7, 11) is 1.37. The van der Waals surface area contributed by atoms with Gasteiger partial charge in [-0.3, -0.25) is 9.59 Å². The summed E-state index contributed by atoms with van der Waals surface area (Å²) < 4.78 is 4.79. The van der Waals surface area contributed by atoms with Crippen LogP contribution in [-0.4, -0.2) is 18.9 Å². The first kappa shape index (κ1) is 16.9. The molecule has 0 N–H and O–H groups in total. The van der Waals surface area contributed by atoms with Gasteiger partial charge in [0.1, 0.15) is 11.7 Å². The van der Waals surface area contributed by atoms with Crippen molar-refractivity contribution in [2.45, 2.75) is 59.3 Å². The Kier molecular flexibility index (Phi) is 6.97. The summed E-state index contributed by atoms with van der Waals surface area (Å²) in [6, 6.07) is 0. The summed E-state index contributed by atoms with van der Waals surface area (Å²) in [6.45, 7) is 6.51. The van der Waals surface area contributed by atoms with Crippen LogP contribution in [0.3, 0.4) is 0 Å². The maximum absolute atomic E-state index is 11.8. The van der Waals surface area contributed by atoms with Crippen molar-refractivity contribution in [3.63, 3.8) is 0 Å². The Hall–Kier alpha value is -1.12. The molecule has 0 saturated heterocycles. The molecule has 20 heavy (non-hydrogen) atoms. The van der Waals surface area contributed by atoms with Crippen LogP contribution in [0.25, 0.3) is 0 Å². The Balaban J connectivity index is 2.54. The highest BCUT2D eigenvalue weighted by Gasteiger charge is 2.42. The Morgan fingerprint density at radius 1 is 1.50 bits per heavy atom. The van der Waals surface area contributed by atoms with Crippen molar-refractivity contribution < 1.29 is 14.3 Å². The third-order valence-electron chi connectivity index (χ3n) is 4.44. The number of methoxy groups -OCH3 is 1. The van der Waals surface area contributed by atoms with Gasteiger partial charge in [-0.15, -0.1) is 0 Å². The molecule has 0 aromatic carbocycles. The van der Waals surface area contributed by atoms with E-state index >= 15 is 0 Å². The lowest BCUT2D eigenvalue weighted by Crippen LogP contribution is -2.29. The van der Waals surface area contributed by atoms with E-state index < -0.39 is 5.92 Å². The number of rotatable bonds is 7. The fraction of sp³-hybridized carbons (Fsp3) is 0.765. The predicted octanol–water partition coefficient (Wildman–Crippen LogP) is 3.92. The third kappa shape index (κ3) is 4.46. The van der Waals surface area contributed by atoms with Crippen LogP contribution in [0.4, 0.5) is 0 Å². The van der Waals surface area contributed by atoms with Crippen LogP contribution >= 0.6 is 0 Å². The molecule has 0 heterocycles. The van der Waals surface area contributed by atoms with Crippen LogP contribution in [0, 0.1) is 17.8 Å². The average Bonchev–Trinajstić information content (AvgIpc) is 2.80. The number of hydrogen-bond donors (Lipinski definition) is 0. The Morgan fingerprint density at radius 3 is 2.80 bits per heavy atom. The fourth-order valence-corrected chi connectivity index (χ4v) is 3.22. The maximum Gasteiger partial charge on any atom is 0.316 e. The van der Waals surface area contributed by atoms with Gasteiger partial charge in [-0.2, -0.15) is 0 Å². The van der Waals surface area contributed by atoms with Gasteiger partial charge in [0.05, 0.1) is 7.11 Å². The van der Waals surface area contributed by atoms with Crippen LogP contribution < -0.4 is 0 Å². The number of Topliss-reactive ketones (excluding diaryl/α,β-unsaturated/α-hetero) is 1. The Bertz CT molecular complexity index is 370. The van der Waals surface area contributed by atoms with Crippen molar-refractivity contribution in [2.24, 2.45) is 17.8 Å². The van der Waals surface area contributed by atoms with Crippen molar-refractivity contribution in [1.82, 2.24) is 0 Å². The smallest absolute Gasteiger partial charge is 0.316 e. The predicted molar refractivity (Wildman–Crippen MR) is 80.3 cm³/mol. The van der Waals surface area contributed by atoms with E-state index in [4.69, 9.17) is 4.74 Å². The molecule has 0 bridgehead atoms. The SMILES string of the molecule is CCCC(C)=CCC[C@@H](C)[C@H]1CCC(=O)[C@@H]1C(=O)OC. The first-order valence-corrected chi connectivity index (χ1v) is 7.77. The highest BCUT2D eigenvalue weighted by molar-refractivity contribution is 6.00. The molecule has 1 saturated carbocycles. The molecular weight excluding hydrogens is 252 g/mol. The molecule has 0 spiro atoms. The van der Waals surface area contributed by atoms with E-state index in [0.29, 0.717) is 12.3 Å². The van der Waals surface area contributed by atoms with Crippen molar-refractivity contribution >= 4 is 11.8 Å². The molecule has 3 heteroatoms. The number of carbonyl (C=O) groups is 2. The molecular formula is C17H28O3. The molecule has 0 aromatic heterocycles. The summed E-state index contributed by atoms with van der Waals surface area (Å²) in [6.07, 6.45) is 8.05. The van der Waals surface area contributed by atoms with Crippen LogP contribution in [0.1, 0.15) is 59.3 Å². The molecule has 1 aliphatic rings. The summed E-state index contributed by atoms with van der Waals surface area (Å²) in [5, 5.41) is 0. The monoisotopic (exact) mass is 280 g/mol. The molecule has 1 fully saturated rings. The van der Waals surface area contributed by atoms with Gasteiger partial charge in [0.2, 0.25) is 0 Å². The number of carbonyl (C=O) groups excluding carboxylic acids is 2. The van der Waals surface area contributed by atoms with Crippen molar-refractivity contribution in [2.75, 3.05) is 7.11 Å². The van der Waals surface area contributed by atoms with Gasteiger partial charge in [0, 0.05) is 6.42 Å². The normalized spacial score (nSPS) is 24.8. The summed E-state index contributed by atoms with van der Waals surface area (Å²) in [5.74, 6) is -0.254. The van der Waals surface area contributed by atoms with Gasteiger partial charge in [0.25, 0.3) is 0 Å². The minimum Gasteiger partial charge on any atom is -0.468 e. The minimum atomic E-state index is -0.518. The number of ketones is 1. The molecule has 0 aliphatic heterocycles. The zero-order chi connectivity index (χ0) is 15.1. The standard InChI is InChI=1S/C17H28O3/c1-5-7-12(2)8-6-9-13(3)14-10-11-15(18)16(14)17(19)20-4/h8,13-14,16H,5-7,9-11H2,1-4H3/t13-,14-,16-/m1/s1. The molecule has 0 radical (unpaired) electrons. The first-order valence-electron chi connectivity index (χ1n) is 7.77. The zero-order valence-corrected chi connectivity index (χ0v) is 13.3. The van der Waals surface area contributed by atoms with Crippen LogP contribution in [0.2, 0.25) is 0 Å². The molecule has 3 nitrogen and oxygen atoms in total. The van der Waals surface area contributed by atoms with Gasteiger partial charge in [-0.1, -0.05) is 31.9 Å². The van der Waals surface area contributed by atoms with Gasteiger partial charge in [-0.25, -0.2) is 0 Å². The van der Waals surface area contributed by atoms with Crippen molar-refractivity contribution in [3.05, 3.63) is 11.6 Å². The summed E-state index contributed by atoms with van der Waals surface area (Å²) >= 11 is 0. The van der Waals surface area contributed by atoms with Crippen molar-refractivity contribution in [1.29, 1.82) is 0 Å². The quantitative estimate of drug-likeness (QED) is 0.403. The van der Waals surface area contributed by atoms with E-state index in [0.717, 1.165) is 25.7 Å². The van der Waals surface area contributed by atoms with E-state index in [1.54, 1.807) is 0 Å². The molecule has 1 rings (SSSR count). The topological polar surface area (TPSA) is 43.4 Å². The highest BCUT2D eigenvalue weighted by atomic mass is 16.5. The molecule has 0 amide bonds. The molecule has 114 valence electrons. The van der Waals surface area contributed by atoms with E-state index in [1.165, 1.54) is 19.1 Å². The number of allylic oxidation sites excluding steroid dienone is 2. The van der Waals surface area contributed by atoms with Gasteiger partial charge in [-0.05, 0) is 44.4 Å². The largest absolute Gasteiger partial charge is 0.468 e. The van der Waals surface area contributed by atoms with Crippen LogP contribution in [-0.2, 0) is 14.3 Å². The minimum absolute atomic E-state index is 0.0615. The number of esters is 1. The lowest BCUT2D eigenvalue weighted by molar-refractivity contribution is -0.150. The van der Waals surface area contributed by atoms with Gasteiger partial charge >= 0.3 is 5.97 Å². The van der Waals surface area contributed by atoms with Gasteiger partial charge < -0.3 is 4.74 Å². The second kappa shape index (κ2) is 8.23. The summed E-state index contributed by atoms with van der Waals surface area (Å²) in [4.78, 5) is 23.6. The summed E-state index contributed by atoms with van der Waals surface area (Å²) in [5.41, 5.74) is 1.44. The Morgan fingerprint density at radius 2 is 2.20 bits per heavy atom. The molecule has 1 aliphatic carbocycles. The van der Waals surface area contributed by atoms with E-state index in [-0.39, 0.29) is 17.7 Å². The zero-order valence-electron chi connectivity index (χ0n) is 13.3. The first-order chi connectivity index (χ1) is 9.51. The lowest BCUT2D eigenvalue weighted by atomic mass is 9.82. The highest BCUT2D eigenvalue weighted by Crippen LogP contribution is 2.37. The second-order valence-corrected chi connectivity index (χ2v) is 6.02. The lowest BCUT2D eigenvalue weighted by Gasteiger charge is -2.22. The molecule has 0 aromatic rings. The molecule has 0 unspecified atom stereocenters. The number of hydrogen-bond acceptors (Lipinski definition) is 3. The van der Waals surface area contributed by atoms with E-state index in [1.807, 2.05) is 0 Å². The van der Waals surface area contributed by atoms with E-state index in [9.17, 15) is 9.59 Å². The van der Waals surface area contributed by atoms with Gasteiger partial charge in [0.15, 0.2) is 0 Å². The maximum atomic E-state index is 11.8. The van der Waals surface area contributed by atoms with E-state index in [2.05, 4.69) is 26.8 Å². The van der Waals surface area contributed by atoms with Crippen LogP contribution in [0.15, 0.2) is 11.6 Å². The fourth-order valence-electron chi connectivity index (χ4n) is 3.22. The second-order valence-electron chi connectivity index (χ2n) is 6.02. The van der Waals surface area contributed by atoms with Crippen molar-refractivity contribution in [3.8, 4) is 0 Å². The Labute approximate surface area is 122 Å². The third-order valence-corrected chi connectivity index (χ3v) is 4.44. The average molecular weight is 280 g/mol.